The predicted octanol–water partition coefficient (Wildman–Crippen LogP) is 4.94. The van der Waals surface area contributed by atoms with Gasteiger partial charge in [-0.1, -0.05) is 18.2 Å². The largest absolute Gasteiger partial charge is 0.309 e. The van der Waals surface area contributed by atoms with Gasteiger partial charge in [0.1, 0.15) is 5.82 Å². The Kier molecular flexibility index (Phi) is 4.88. The second kappa shape index (κ2) is 6.28. The van der Waals surface area contributed by atoms with Crippen LogP contribution in [0.5, 0.6) is 0 Å². The molecule has 0 spiro atoms. The lowest BCUT2D eigenvalue weighted by Gasteiger charge is -2.20. The average molecular weight is 409 g/mol. The molecule has 106 valence electrons. The van der Waals surface area contributed by atoms with E-state index in [1.165, 1.54) is 6.07 Å². The number of hydrogen-bond donors (Lipinski definition) is 1. The van der Waals surface area contributed by atoms with Crippen molar-refractivity contribution in [3.05, 3.63) is 67.9 Å². The molecule has 1 nitrogen and oxygen atoms in total. The Bertz CT molecular complexity index is 647. The molecule has 0 aliphatic heterocycles. The van der Waals surface area contributed by atoms with E-state index in [0.717, 1.165) is 6.07 Å². The van der Waals surface area contributed by atoms with Crippen molar-refractivity contribution >= 4 is 31.9 Å². The van der Waals surface area contributed by atoms with Crippen LogP contribution >= 0.6 is 31.9 Å². The SMILES string of the molecule is CNC(c1cccc(Br)c1F)c1ccc(F)c(F)c1Br. The van der Waals surface area contributed by atoms with Gasteiger partial charge in [-0.15, -0.1) is 0 Å². The highest BCUT2D eigenvalue weighted by atomic mass is 79.9. The minimum Gasteiger partial charge on any atom is -0.309 e. The standard InChI is InChI=1S/C14H10Br2F3N/c1-20-14(8-3-2-4-9(15)12(8)18)7-5-6-10(17)13(19)11(7)16/h2-6,14,20H,1H3. The molecular weight excluding hydrogens is 399 g/mol. The van der Waals surface area contributed by atoms with Crippen LogP contribution in [0.3, 0.4) is 0 Å². The molecule has 2 aromatic rings. The van der Waals surface area contributed by atoms with Gasteiger partial charge in [-0.25, -0.2) is 13.2 Å². The fourth-order valence-electron chi connectivity index (χ4n) is 1.99. The van der Waals surface area contributed by atoms with Gasteiger partial charge in [0, 0.05) is 5.56 Å². The first kappa shape index (κ1) is 15.5. The van der Waals surface area contributed by atoms with Crippen molar-refractivity contribution in [1.29, 1.82) is 0 Å². The summed E-state index contributed by atoms with van der Waals surface area (Å²) < 4.78 is 41.3. The summed E-state index contributed by atoms with van der Waals surface area (Å²) in [5, 5.41) is 2.91. The first-order valence-corrected chi connectivity index (χ1v) is 7.30. The molecule has 20 heavy (non-hydrogen) atoms. The molecule has 6 heteroatoms. The summed E-state index contributed by atoms with van der Waals surface area (Å²) in [4.78, 5) is 0. The maximum Gasteiger partial charge on any atom is 0.173 e. The van der Waals surface area contributed by atoms with Crippen molar-refractivity contribution in [2.45, 2.75) is 6.04 Å². The maximum absolute atomic E-state index is 14.2. The Morgan fingerprint density at radius 1 is 0.950 bits per heavy atom. The quantitative estimate of drug-likeness (QED) is 0.709. The highest BCUT2D eigenvalue weighted by Gasteiger charge is 2.22. The molecule has 0 radical (unpaired) electrons. The summed E-state index contributed by atoms with van der Waals surface area (Å²) in [6, 6.07) is 6.69. The van der Waals surface area contributed by atoms with E-state index in [-0.39, 0.29) is 4.47 Å². The van der Waals surface area contributed by atoms with Crippen LogP contribution in [0.2, 0.25) is 0 Å². The van der Waals surface area contributed by atoms with Crippen LogP contribution in [0.4, 0.5) is 13.2 Å². The lowest BCUT2D eigenvalue weighted by Crippen LogP contribution is -2.20. The van der Waals surface area contributed by atoms with Crippen LogP contribution in [0.15, 0.2) is 39.3 Å². The minimum atomic E-state index is -0.988. The fourth-order valence-corrected chi connectivity index (χ4v) is 2.92. The third-order valence-corrected chi connectivity index (χ3v) is 4.38. The third kappa shape index (κ3) is 2.77. The van der Waals surface area contributed by atoms with E-state index in [1.54, 1.807) is 25.2 Å². The van der Waals surface area contributed by atoms with Gasteiger partial charge in [0.05, 0.1) is 15.0 Å². The zero-order chi connectivity index (χ0) is 14.9. The topological polar surface area (TPSA) is 12.0 Å². The molecule has 0 heterocycles. The predicted molar refractivity (Wildman–Crippen MR) is 79.1 cm³/mol. The lowest BCUT2D eigenvalue weighted by molar-refractivity contribution is 0.498. The van der Waals surface area contributed by atoms with Gasteiger partial charge in [0.25, 0.3) is 0 Å². The molecule has 0 saturated carbocycles. The molecule has 0 bridgehead atoms. The Morgan fingerprint density at radius 3 is 2.30 bits per heavy atom. The number of halogens is 5. The second-order valence-corrected chi connectivity index (χ2v) is 5.78. The zero-order valence-electron chi connectivity index (χ0n) is 10.4. The summed E-state index contributed by atoms with van der Waals surface area (Å²) >= 11 is 6.14. The number of rotatable bonds is 3. The Hall–Kier alpha value is -0.850. The van der Waals surface area contributed by atoms with Gasteiger partial charge in [-0.05, 0) is 56.6 Å². The van der Waals surface area contributed by atoms with E-state index in [2.05, 4.69) is 37.2 Å². The molecular formula is C14H10Br2F3N. The van der Waals surface area contributed by atoms with Crippen LogP contribution in [-0.4, -0.2) is 7.05 Å². The first-order valence-electron chi connectivity index (χ1n) is 5.72. The molecule has 0 aliphatic carbocycles. The monoisotopic (exact) mass is 407 g/mol. The van der Waals surface area contributed by atoms with E-state index >= 15 is 0 Å². The minimum absolute atomic E-state index is 0.0174. The van der Waals surface area contributed by atoms with Gasteiger partial charge >= 0.3 is 0 Å². The Balaban J connectivity index is 2.59. The summed E-state index contributed by atoms with van der Waals surface area (Å²) in [5.74, 6) is -2.38. The summed E-state index contributed by atoms with van der Waals surface area (Å²) in [7, 11) is 1.62. The maximum atomic E-state index is 14.2. The van der Waals surface area contributed by atoms with E-state index in [9.17, 15) is 13.2 Å². The molecule has 2 rings (SSSR count). The van der Waals surface area contributed by atoms with Crippen LogP contribution < -0.4 is 5.32 Å². The molecule has 1 unspecified atom stereocenters. The molecule has 1 N–H and O–H groups in total. The molecule has 0 amide bonds. The van der Waals surface area contributed by atoms with Crippen molar-refractivity contribution in [2.75, 3.05) is 7.05 Å². The molecule has 2 aromatic carbocycles. The van der Waals surface area contributed by atoms with Crippen molar-refractivity contribution < 1.29 is 13.2 Å². The highest BCUT2D eigenvalue weighted by Crippen LogP contribution is 2.34. The molecule has 0 saturated heterocycles. The number of benzene rings is 2. The van der Waals surface area contributed by atoms with Crippen molar-refractivity contribution in [3.63, 3.8) is 0 Å². The fraction of sp³-hybridized carbons (Fsp3) is 0.143. The highest BCUT2D eigenvalue weighted by molar-refractivity contribution is 9.10. The summed E-state index contributed by atoms with van der Waals surface area (Å²) in [6.45, 7) is 0. The zero-order valence-corrected chi connectivity index (χ0v) is 13.5. The van der Waals surface area contributed by atoms with Crippen LogP contribution in [0, 0.1) is 17.5 Å². The lowest BCUT2D eigenvalue weighted by atomic mass is 9.98. The van der Waals surface area contributed by atoms with E-state index < -0.39 is 23.5 Å². The molecule has 0 aromatic heterocycles. The summed E-state index contributed by atoms with van der Waals surface area (Å²) in [5.41, 5.74) is 0.761. The average Bonchev–Trinajstić information content (AvgIpc) is 2.44. The molecule has 0 fully saturated rings. The molecule has 0 aliphatic rings. The smallest absolute Gasteiger partial charge is 0.173 e. The van der Waals surface area contributed by atoms with Crippen LogP contribution in [0.1, 0.15) is 17.2 Å². The van der Waals surface area contributed by atoms with Crippen molar-refractivity contribution in [2.24, 2.45) is 0 Å². The van der Waals surface area contributed by atoms with E-state index in [4.69, 9.17) is 0 Å². The number of hydrogen-bond acceptors (Lipinski definition) is 1. The van der Waals surface area contributed by atoms with Gasteiger partial charge in [0.15, 0.2) is 11.6 Å². The van der Waals surface area contributed by atoms with Crippen LogP contribution in [-0.2, 0) is 0 Å². The van der Waals surface area contributed by atoms with Gasteiger partial charge < -0.3 is 5.32 Å². The van der Waals surface area contributed by atoms with Gasteiger partial charge in [0.2, 0.25) is 0 Å². The normalized spacial score (nSPS) is 12.5. The van der Waals surface area contributed by atoms with E-state index in [0.29, 0.717) is 15.6 Å². The van der Waals surface area contributed by atoms with Crippen molar-refractivity contribution in [1.82, 2.24) is 5.32 Å². The van der Waals surface area contributed by atoms with E-state index in [1.807, 2.05) is 0 Å². The Morgan fingerprint density at radius 2 is 1.65 bits per heavy atom. The summed E-state index contributed by atoms with van der Waals surface area (Å²) in [6.07, 6.45) is 0. The third-order valence-electron chi connectivity index (χ3n) is 2.96. The molecule has 1 atom stereocenters. The van der Waals surface area contributed by atoms with Gasteiger partial charge in [-0.3, -0.25) is 0 Å². The van der Waals surface area contributed by atoms with Crippen LogP contribution in [0.25, 0.3) is 0 Å². The number of nitrogens with one attached hydrogen (secondary N) is 1. The van der Waals surface area contributed by atoms with Crippen molar-refractivity contribution in [3.8, 4) is 0 Å². The second-order valence-electron chi connectivity index (χ2n) is 4.13. The van der Waals surface area contributed by atoms with Gasteiger partial charge in [-0.2, -0.15) is 0 Å². The Labute approximate surface area is 131 Å². The first-order chi connectivity index (χ1) is 9.47.